The van der Waals surface area contributed by atoms with Crippen LogP contribution >= 0.6 is 35.4 Å². The van der Waals surface area contributed by atoms with Gasteiger partial charge in [-0.3, -0.25) is 10.00 Å². The summed E-state index contributed by atoms with van der Waals surface area (Å²) in [5.74, 6) is 1.41. The molecule has 1 N–H and O–H groups in total. The summed E-state index contributed by atoms with van der Waals surface area (Å²) in [7, 11) is 0. The molecule has 0 radical (unpaired) electrons. The van der Waals surface area contributed by atoms with E-state index in [9.17, 15) is 0 Å². The third-order valence-corrected chi connectivity index (χ3v) is 4.81. The van der Waals surface area contributed by atoms with E-state index in [1.165, 1.54) is 12.8 Å². The number of aromatic nitrogens is 3. The van der Waals surface area contributed by atoms with Crippen molar-refractivity contribution in [3.05, 3.63) is 33.0 Å². The number of likely N-dealkylation sites (tertiary alicyclic amines) is 1. The number of benzene rings is 1. The highest BCUT2D eigenvalue weighted by molar-refractivity contribution is 7.71. The van der Waals surface area contributed by atoms with Gasteiger partial charge in [0.2, 0.25) is 4.77 Å². The largest absolute Gasteiger partial charge is 0.284 e. The van der Waals surface area contributed by atoms with Crippen molar-refractivity contribution < 1.29 is 0 Å². The monoisotopic (exact) mass is 356 g/mol. The second-order valence-corrected chi connectivity index (χ2v) is 7.08. The van der Waals surface area contributed by atoms with Gasteiger partial charge in [-0.2, -0.15) is 4.98 Å². The van der Waals surface area contributed by atoms with Crippen molar-refractivity contribution in [2.75, 3.05) is 13.1 Å². The number of hydrogen-bond donors (Lipinski definition) is 1. The fourth-order valence-electron chi connectivity index (χ4n) is 2.87. The van der Waals surface area contributed by atoms with Crippen molar-refractivity contribution in [1.29, 1.82) is 0 Å². The number of nitrogens with zero attached hydrogens (tertiary/aromatic N) is 3. The van der Waals surface area contributed by atoms with E-state index >= 15 is 0 Å². The smallest absolute Gasteiger partial charge is 0.217 e. The molecule has 0 aliphatic carbocycles. The van der Waals surface area contributed by atoms with Crippen LogP contribution in [0.25, 0.3) is 11.4 Å². The third kappa shape index (κ3) is 3.54. The molecule has 3 rings (SSSR count). The average molecular weight is 357 g/mol. The van der Waals surface area contributed by atoms with Crippen LogP contribution in [-0.4, -0.2) is 32.8 Å². The minimum atomic E-state index is 0.541. The predicted octanol–water partition coefficient (Wildman–Crippen LogP) is 4.60. The Kier molecular flexibility index (Phi) is 4.88. The molecule has 1 aliphatic heterocycles. The van der Waals surface area contributed by atoms with Gasteiger partial charge in [-0.25, -0.2) is 4.68 Å². The number of hydrogen-bond acceptors (Lipinski definition) is 3. The lowest BCUT2D eigenvalue weighted by atomic mass is 10.0. The molecule has 0 saturated carbocycles. The minimum Gasteiger partial charge on any atom is -0.284 e. The fraction of sp³-hybridized carbons (Fsp3) is 0.467. The Morgan fingerprint density at radius 1 is 1.41 bits per heavy atom. The Bertz CT molecular complexity index is 725. The van der Waals surface area contributed by atoms with Crippen molar-refractivity contribution in [3.63, 3.8) is 0 Å². The SMILES string of the molecule is CC1CCCN(Cn2[nH]c(-c3ccc(Cl)cc3Cl)nc2=S)C1. The fourth-order valence-corrected chi connectivity index (χ4v) is 3.56. The van der Waals surface area contributed by atoms with E-state index < -0.39 is 0 Å². The van der Waals surface area contributed by atoms with Gasteiger partial charge in [0.1, 0.15) is 0 Å². The van der Waals surface area contributed by atoms with Gasteiger partial charge in [-0.15, -0.1) is 0 Å². The maximum absolute atomic E-state index is 6.24. The van der Waals surface area contributed by atoms with Crippen molar-refractivity contribution in [2.24, 2.45) is 5.92 Å². The highest BCUT2D eigenvalue weighted by atomic mass is 35.5. The molecule has 118 valence electrons. The number of aromatic amines is 1. The maximum atomic E-state index is 6.24. The summed E-state index contributed by atoms with van der Waals surface area (Å²) in [6, 6.07) is 5.36. The molecule has 1 aromatic carbocycles. The molecular formula is C15H18Cl2N4S. The number of halogens is 2. The topological polar surface area (TPSA) is 36.9 Å². The summed E-state index contributed by atoms with van der Waals surface area (Å²) in [5, 5.41) is 4.42. The quantitative estimate of drug-likeness (QED) is 0.816. The molecule has 1 fully saturated rings. The van der Waals surface area contributed by atoms with E-state index in [1.54, 1.807) is 12.1 Å². The number of rotatable bonds is 3. The molecule has 1 atom stereocenters. The number of nitrogens with one attached hydrogen (secondary N) is 1. The molecule has 4 nitrogen and oxygen atoms in total. The summed E-state index contributed by atoms with van der Waals surface area (Å²) in [6.07, 6.45) is 2.54. The Balaban J connectivity index is 1.83. The highest BCUT2D eigenvalue weighted by Gasteiger charge is 2.17. The molecule has 0 bridgehead atoms. The van der Waals surface area contributed by atoms with E-state index in [0.29, 0.717) is 20.6 Å². The maximum Gasteiger partial charge on any atom is 0.217 e. The molecule has 1 unspecified atom stereocenters. The Morgan fingerprint density at radius 3 is 2.95 bits per heavy atom. The van der Waals surface area contributed by atoms with Crippen LogP contribution in [0, 0.1) is 10.7 Å². The van der Waals surface area contributed by atoms with Gasteiger partial charge in [0.25, 0.3) is 0 Å². The van der Waals surface area contributed by atoms with Crippen LogP contribution in [0.1, 0.15) is 19.8 Å². The van der Waals surface area contributed by atoms with E-state index in [1.807, 2.05) is 10.7 Å². The third-order valence-electron chi connectivity index (χ3n) is 3.95. The van der Waals surface area contributed by atoms with Crippen molar-refractivity contribution >= 4 is 35.4 Å². The van der Waals surface area contributed by atoms with Crippen LogP contribution in [0.5, 0.6) is 0 Å². The van der Waals surface area contributed by atoms with Gasteiger partial charge in [0.05, 0.1) is 11.7 Å². The Hall–Kier alpha value is -0.880. The molecular weight excluding hydrogens is 339 g/mol. The van der Waals surface area contributed by atoms with Crippen molar-refractivity contribution in [2.45, 2.75) is 26.4 Å². The van der Waals surface area contributed by atoms with Crippen LogP contribution in [0.4, 0.5) is 0 Å². The molecule has 0 amide bonds. The van der Waals surface area contributed by atoms with Gasteiger partial charge in [-0.1, -0.05) is 30.1 Å². The second-order valence-electron chi connectivity index (χ2n) is 5.87. The average Bonchev–Trinajstić information content (AvgIpc) is 2.80. The standard InChI is InChI=1S/C15H18Cl2N4S/c1-10-3-2-6-20(8-10)9-21-15(22)18-14(19-21)12-5-4-11(16)7-13(12)17/h4-5,7,10H,2-3,6,8-9H2,1H3,(H,18,19,22). The van der Waals surface area contributed by atoms with Gasteiger partial charge < -0.3 is 0 Å². The molecule has 2 heterocycles. The first-order chi connectivity index (χ1) is 10.5. The minimum absolute atomic E-state index is 0.541. The zero-order chi connectivity index (χ0) is 15.7. The van der Waals surface area contributed by atoms with Crippen LogP contribution in [0.3, 0.4) is 0 Å². The van der Waals surface area contributed by atoms with Crippen molar-refractivity contribution in [3.8, 4) is 11.4 Å². The molecule has 1 aromatic heterocycles. The predicted molar refractivity (Wildman–Crippen MR) is 92.8 cm³/mol. The lowest BCUT2D eigenvalue weighted by Crippen LogP contribution is -2.36. The van der Waals surface area contributed by atoms with Crippen molar-refractivity contribution in [1.82, 2.24) is 19.7 Å². The number of piperidine rings is 1. The number of H-pyrrole nitrogens is 1. The molecule has 7 heteroatoms. The van der Waals surface area contributed by atoms with E-state index in [2.05, 4.69) is 21.9 Å². The van der Waals surface area contributed by atoms with E-state index in [-0.39, 0.29) is 0 Å². The summed E-state index contributed by atoms with van der Waals surface area (Å²) >= 11 is 17.5. The van der Waals surface area contributed by atoms with Gasteiger partial charge in [0, 0.05) is 17.1 Å². The Morgan fingerprint density at radius 2 is 2.23 bits per heavy atom. The first-order valence-corrected chi connectivity index (χ1v) is 8.54. The molecule has 2 aromatic rings. The first-order valence-electron chi connectivity index (χ1n) is 7.37. The lowest BCUT2D eigenvalue weighted by Gasteiger charge is -2.30. The summed E-state index contributed by atoms with van der Waals surface area (Å²) in [4.78, 5) is 6.82. The molecule has 0 spiro atoms. The summed E-state index contributed by atoms with van der Waals surface area (Å²) < 4.78 is 2.44. The molecule has 1 saturated heterocycles. The molecule has 22 heavy (non-hydrogen) atoms. The second kappa shape index (κ2) is 6.71. The first kappa shape index (κ1) is 16.0. The highest BCUT2D eigenvalue weighted by Crippen LogP contribution is 2.28. The van der Waals surface area contributed by atoms with Crippen LogP contribution < -0.4 is 0 Å². The van der Waals surface area contributed by atoms with Gasteiger partial charge in [0.15, 0.2) is 5.82 Å². The van der Waals surface area contributed by atoms with Crippen LogP contribution in [0.15, 0.2) is 18.2 Å². The van der Waals surface area contributed by atoms with Gasteiger partial charge >= 0.3 is 0 Å². The van der Waals surface area contributed by atoms with Crippen LogP contribution in [-0.2, 0) is 6.67 Å². The lowest BCUT2D eigenvalue weighted by molar-refractivity contribution is 0.138. The summed E-state index contributed by atoms with van der Waals surface area (Å²) in [5.41, 5.74) is 0.808. The van der Waals surface area contributed by atoms with Crippen LogP contribution in [0.2, 0.25) is 10.0 Å². The Labute approximate surface area is 145 Å². The van der Waals surface area contributed by atoms with E-state index in [0.717, 1.165) is 31.2 Å². The normalized spacial score (nSPS) is 19.5. The van der Waals surface area contributed by atoms with E-state index in [4.69, 9.17) is 35.4 Å². The molecule has 1 aliphatic rings. The zero-order valence-electron chi connectivity index (χ0n) is 12.4. The summed E-state index contributed by atoms with van der Waals surface area (Å²) in [6.45, 7) is 5.22. The zero-order valence-corrected chi connectivity index (χ0v) is 14.7. The van der Waals surface area contributed by atoms with Gasteiger partial charge in [-0.05, 0) is 55.7 Å².